The molecule has 0 aliphatic heterocycles. The average molecular weight is 566 g/mol. The fourth-order valence-corrected chi connectivity index (χ4v) is 4.99. The molecular weight excluding hydrogens is 555 g/mol. The Bertz CT molecular complexity index is 1650. The molecule has 6 nitrogen and oxygen atoms in total. The number of aromatic nitrogens is 2. The number of nitrogens with zero attached hydrogens (tertiary/aromatic N) is 2. The highest BCUT2D eigenvalue weighted by Crippen LogP contribution is 2.36. The van der Waals surface area contributed by atoms with Crippen LogP contribution in [0.15, 0.2) is 65.7 Å². The van der Waals surface area contributed by atoms with Crippen molar-refractivity contribution in [2.45, 2.75) is 17.2 Å². The first kappa shape index (κ1) is 26.4. The molecule has 1 aromatic heterocycles. The van der Waals surface area contributed by atoms with Crippen molar-refractivity contribution in [2.24, 2.45) is 0 Å². The van der Waals surface area contributed by atoms with E-state index in [4.69, 9.17) is 11.6 Å². The van der Waals surface area contributed by atoms with Crippen LogP contribution in [0.25, 0.3) is 10.9 Å². The van der Waals surface area contributed by atoms with Crippen LogP contribution >= 0.6 is 11.6 Å². The van der Waals surface area contributed by atoms with Crippen LogP contribution < -0.4 is 5.32 Å². The largest absolute Gasteiger partial charge is 0.419 e. The number of hydrogen-bond acceptors (Lipinski definition) is 4. The van der Waals surface area contributed by atoms with E-state index in [0.29, 0.717) is 22.3 Å². The lowest BCUT2D eigenvalue weighted by Gasteiger charge is -2.14. The van der Waals surface area contributed by atoms with Gasteiger partial charge in [-0.05, 0) is 48.5 Å². The van der Waals surface area contributed by atoms with E-state index in [-0.39, 0.29) is 22.7 Å². The summed E-state index contributed by atoms with van der Waals surface area (Å²) in [5, 5.41) is 5.53. The molecule has 37 heavy (non-hydrogen) atoms. The maximum atomic E-state index is 13.6. The maximum absolute atomic E-state index is 13.6. The SMILES string of the molecule is O=C(Nc1ccc2cnn(S(=O)(=O)c3ccc(F)c(C(F)(F)F)c3)c2c1)c1c(Cl)cccc1C(F)(F)F. The molecule has 0 aliphatic carbocycles. The van der Waals surface area contributed by atoms with E-state index in [9.17, 15) is 43.9 Å². The molecule has 0 saturated heterocycles. The first-order chi connectivity index (χ1) is 17.1. The van der Waals surface area contributed by atoms with Crippen LogP contribution in [0.1, 0.15) is 21.5 Å². The highest BCUT2D eigenvalue weighted by Gasteiger charge is 2.37. The fourth-order valence-electron chi connectivity index (χ4n) is 3.43. The molecule has 0 fully saturated rings. The number of carbonyl (C=O) groups excluding carboxylic acids is 1. The third-order valence-corrected chi connectivity index (χ3v) is 7.02. The first-order valence-electron chi connectivity index (χ1n) is 9.88. The number of halogens is 8. The lowest BCUT2D eigenvalue weighted by atomic mass is 10.1. The van der Waals surface area contributed by atoms with Crippen molar-refractivity contribution in [3.63, 3.8) is 0 Å². The van der Waals surface area contributed by atoms with Gasteiger partial charge in [-0.2, -0.15) is 43.9 Å². The van der Waals surface area contributed by atoms with Gasteiger partial charge < -0.3 is 5.32 Å². The van der Waals surface area contributed by atoms with E-state index in [1.54, 1.807) is 0 Å². The summed E-state index contributed by atoms with van der Waals surface area (Å²) in [6.45, 7) is 0. The molecule has 0 bridgehead atoms. The summed E-state index contributed by atoms with van der Waals surface area (Å²) in [5.74, 6) is -2.93. The highest BCUT2D eigenvalue weighted by molar-refractivity contribution is 7.90. The minimum Gasteiger partial charge on any atom is -0.322 e. The second-order valence-corrected chi connectivity index (χ2v) is 9.69. The van der Waals surface area contributed by atoms with Gasteiger partial charge in [-0.25, -0.2) is 4.39 Å². The molecule has 0 spiro atoms. The van der Waals surface area contributed by atoms with Gasteiger partial charge >= 0.3 is 12.4 Å². The van der Waals surface area contributed by atoms with E-state index in [1.807, 2.05) is 0 Å². The molecule has 1 amide bonds. The van der Waals surface area contributed by atoms with Gasteiger partial charge in [0.25, 0.3) is 15.9 Å². The smallest absolute Gasteiger partial charge is 0.322 e. The van der Waals surface area contributed by atoms with E-state index < -0.39 is 60.7 Å². The lowest BCUT2D eigenvalue weighted by molar-refractivity contribution is -0.140. The topological polar surface area (TPSA) is 81.1 Å². The van der Waals surface area contributed by atoms with Crippen LogP contribution in [0.4, 0.5) is 36.4 Å². The summed E-state index contributed by atoms with van der Waals surface area (Å²) in [5.41, 5.74) is -4.38. The van der Waals surface area contributed by atoms with Crippen molar-refractivity contribution in [3.8, 4) is 0 Å². The lowest BCUT2D eigenvalue weighted by Crippen LogP contribution is -2.19. The van der Waals surface area contributed by atoms with Crippen LogP contribution in [-0.2, 0) is 22.4 Å². The zero-order chi connectivity index (χ0) is 27.3. The number of hydrogen-bond donors (Lipinski definition) is 1. The van der Waals surface area contributed by atoms with Gasteiger partial charge in [0.15, 0.2) is 0 Å². The second kappa shape index (κ2) is 9.03. The first-order valence-corrected chi connectivity index (χ1v) is 11.7. The van der Waals surface area contributed by atoms with Crippen molar-refractivity contribution < 1.29 is 43.9 Å². The van der Waals surface area contributed by atoms with Gasteiger partial charge in [0.05, 0.1) is 38.3 Å². The molecule has 1 heterocycles. The van der Waals surface area contributed by atoms with Gasteiger partial charge in [0.1, 0.15) is 5.82 Å². The molecule has 3 aromatic carbocycles. The Balaban J connectivity index is 1.76. The third kappa shape index (κ3) is 4.98. The van der Waals surface area contributed by atoms with Gasteiger partial charge in [0, 0.05) is 11.1 Å². The standard InChI is InChI=1S/C22H11ClF7N3O3S/c23-16-3-1-2-14(21(25,26)27)19(16)20(34)32-12-5-4-11-10-31-33(18(11)8-12)37(35,36)13-6-7-17(24)15(9-13)22(28,29)30/h1-10H,(H,32,34). The van der Waals surface area contributed by atoms with Crippen molar-refractivity contribution in [1.82, 2.24) is 9.19 Å². The number of alkyl halides is 6. The zero-order valence-electron chi connectivity index (χ0n) is 17.8. The Morgan fingerprint density at radius 3 is 2.24 bits per heavy atom. The van der Waals surface area contributed by atoms with Crippen LogP contribution in [0.2, 0.25) is 5.02 Å². The summed E-state index contributed by atoms with van der Waals surface area (Å²) in [7, 11) is -4.80. The number of anilines is 1. The Kier molecular flexibility index (Phi) is 6.44. The number of rotatable bonds is 4. The molecule has 0 radical (unpaired) electrons. The molecule has 194 valence electrons. The molecule has 0 unspecified atom stereocenters. The molecule has 4 aromatic rings. The maximum Gasteiger partial charge on any atom is 0.419 e. The van der Waals surface area contributed by atoms with E-state index in [0.717, 1.165) is 24.4 Å². The summed E-state index contributed by atoms with van der Waals surface area (Å²) >= 11 is 5.82. The van der Waals surface area contributed by atoms with Gasteiger partial charge in [-0.1, -0.05) is 17.7 Å². The van der Waals surface area contributed by atoms with Gasteiger partial charge in [-0.15, -0.1) is 0 Å². The quantitative estimate of drug-likeness (QED) is 0.292. The van der Waals surface area contributed by atoms with E-state index in [1.165, 1.54) is 12.1 Å². The monoisotopic (exact) mass is 565 g/mol. The number of fused-ring (bicyclic) bond motifs is 1. The van der Waals surface area contributed by atoms with E-state index in [2.05, 4.69) is 10.4 Å². The van der Waals surface area contributed by atoms with Crippen LogP contribution in [0, 0.1) is 5.82 Å². The Morgan fingerprint density at radius 1 is 0.919 bits per heavy atom. The van der Waals surface area contributed by atoms with Crippen LogP contribution in [-0.4, -0.2) is 23.5 Å². The molecular formula is C22H11ClF7N3O3S. The van der Waals surface area contributed by atoms with Crippen molar-refractivity contribution in [3.05, 3.63) is 88.3 Å². The third-order valence-electron chi connectivity index (χ3n) is 5.11. The molecule has 4 rings (SSSR count). The number of carbonyl (C=O) groups is 1. The zero-order valence-corrected chi connectivity index (χ0v) is 19.4. The normalized spacial score (nSPS) is 12.6. The molecule has 0 saturated carbocycles. The van der Waals surface area contributed by atoms with Crippen LogP contribution in [0.3, 0.4) is 0 Å². The van der Waals surface area contributed by atoms with Crippen molar-refractivity contribution in [2.75, 3.05) is 5.32 Å². The molecule has 1 N–H and O–H groups in total. The Morgan fingerprint density at radius 2 is 1.59 bits per heavy atom. The number of amides is 1. The predicted molar refractivity (Wildman–Crippen MR) is 118 cm³/mol. The highest BCUT2D eigenvalue weighted by atomic mass is 35.5. The summed E-state index contributed by atoms with van der Waals surface area (Å²) < 4.78 is 119. The summed E-state index contributed by atoms with van der Waals surface area (Å²) in [6.07, 6.45) is -9.02. The average Bonchev–Trinajstić information content (AvgIpc) is 3.21. The summed E-state index contributed by atoms with van der Waals surface area (Å²) in [6, 6.07) is 7.37. The number of nitrogens with one attached hydrogen (secondary N) is 1. The van der Waals surface area contributed by atoms with Crippen molar-refractivity contribution in [1.29, 1.82) is 0 Å². The minimum absolute atomic E-state index is 0.111. The molecule has 0 atom stereocenters. The minimum atomic E-state index is -5.17. The fraction of sp³-hybridized carbons (Fsp3) is 0.0909. The van der Waals surface area contributed by atoms with Crippen LogP contribution in [0.5, 0.6) is 0 Å². The molecule has 0 aliphatic rings. The van der Waals surface area contributed by atoms with Gasteiger partial charge in [-0.3, -0.25) is 4.79 Å². The number of benzene rings is 3. The van der Waals surface area contributed by atoms with Crippen molar-refractivity contribution >= 4 is 44.1 Å². The van der Waals surface area contributed by atoms with E-state index >= 15 is 0 Å². The second-order valence-electron chi connectivity index (χ2n) is 7.52. The Hall–Kier alpha value is -3.65. The summed E-state index contributed by atoms with van der Waals surface area (Å²) in [4.78, 5) is 11.7. The predicted octanol–water partition coefficient (Wildman–Crippen LogP) is 6.36. The molecule has 15 heteroatoms. The Labute approximate surface area is 208 Å². The van der Waals surface area contributed by atoms with Gasteiger partial charge in [0.2, 0.25) is 0 Å².